The second kappa shape index (κ2) is 5.36. The number of benzene rings is 1. The lowest BCUT2D eigenvalue weighted by molar-refractivity contribution is -0.132. The van der Waals surface area contributed by atoms with Gasteiger partial charge in [-0.25, -0.2) is 0 Å². The van der Waals surface area contributed by atoms with E-state index in [1.165, 1.54) is 5.56 Å². The second-order valence-electron chi connectivity index (χ2n) is 3.07. The van der Waals surface area contributed by atoms with Crippen molar-refractivity contribution < 1.29 is 9.53 Å². The van der Waals surface area contributed by atoms with Crippen LogP contribution in [0.1, 0.15) is 18.9 Å². The topological polar surface area (TPSA) is 26.3 Å². The average molecular weight is 178 g/mol. The van der Waals surface area contributed by atoms with Crippen LogP contribution in [-0.4, -0.2) is 12.6 Å². The molecule has 0 bridgehead atoms. The molecule has 70 valence electrons. The molecular weight excluding hydrogens is 164 g/mol. The molecule has 1 aromatic carbocycles. The Kier molecular flexibility index (Phi) is 4.03. The van der Waals surface area contributed by atoms with E-state index in [1.54, 1.807) is 0 Å². The molecule has 13 heavy (non-hydrogen) atoms. The third-order valence-electron chi connectivity index (χ3n) is 1.97. The van der Waals surface area contributed by atoms with Crippen molar-refractivity contribution in [3.05, 3.63) is 35.9 Å². The van der Waals surface area contributed by atoms with Crippen LogP contribution in [0.25, 0.3) is 0 Å². The fourth-order valence-corrected chi connectivity index (χ4v) is 1.18. The van der Waals surface area contributed by atoms with Gasteiger partial charge in [-0.2, -0.15) is 0 Å². The van der Waals surface area contributed by atoms with Crippen molar-refractivity contribution in [1.82, 2.24) is 0 Å². The van der Waals surface area contributed by atoms with Crippen LogP contribution in [0.15, 0.2) is 30.3 Å². The first-order valence-electron chi connectivity index (χ1n) is 4.46. The average Bonchev–Trinajstić information content (AvgIpc) is 2.17. The van der Waals surface area contributed by atoms with Gasteiger partial charge in [0.25, 0.3) is 6.47 Å². The van der Waals surface area contributed by atoms with Crippen LogP contribution in [0.4, 0.5) is 0 Å². The summed E-state index contributed by atoms with van der Waals surface area (Å²) in [4.78, 5) is 10.0. The molecule has 1 rings (SSSR count). The Morgan fingerprint density at radius 2 is 2.08 bits per heavy atom. The summed E-state index contributed by atoms with van der Waals surface area (Å²) in [6.45, 7) is 2.41. The maximum atomic E-state index is 10.0. The lowest BCUT2D eigenvalue weighted by Gasteiger charge is -2.08. The number of aryl methyl sites for hydroxylation is 1. The third kappa shape index (κ3) is 3.74. The van der Waals surface area contributed by atoms with Gasteiger partial charge in [0, 0.05) is 0 Å². The van der Waals surface area contributed by atoms with Crippen molar-refractivity contribution in [1.29, 1.82) is 0 Å². The zero-order valence-electron chi connectivity index (χ0n) is 7.77. The van der Waals surface area contributed by atoms with E-state index in [1.807, 2.05) is 25.1 Å². The van der Waals surface area contributed by atoms with Gasteiger partial charge >= 0.3 is 0 Å². The molecule has 0 aliphatic carbocycles. The zero-order valence-corrected chi connectivity index (χ0v) is 7.77. The van der Waals surface area contributed by atoms with Gasteiger partial charge in [-0.3, -0.25) is 4.79 Å². The molecule has 1 atom stereocenters. The largest absolute Gasteiger partial charge is 0.465 e. The van der Waals surface area contributed by atoms with Crippen molar-refractivity contribution in [3.63, 3.8) is 0 Å². The highest BCUT2D eigenvalue weighted by Gasteiger charge is 2.01. The Balaban J connectivity index is 2.30. The third-order valence-corrected chi connectivity index (χ3v) is 1.97. The van der Waals surface area contributed by atoms with Crippen molar-refractivity contribution in [2.45, 2.75) is 25.9 Å². The molecule has 0 aromatic heterocycles. The van der Waals surface area contributed by atoms with Gasteiger partial charge in [0.15, 0.2) is 0 Å². The summed E-state index contributed by atoms with van der Waals surface area (Å²) in [6.07, 6.45) is 1.84. The minimum absolute atomic E-state index is 0.0118. The Morgan fingerprint density at radius 1 is 1.38 bits per heavy atom. The van der Waals surface area contributed by atoms with Crippen molar-refractivity contribution in [2.75, 3.05) is 0 Å². The van der Waals surface area contributed by atoms with Crippen LogP contribution in [-0.2, 0) is 16.0 Å². The first kappa shape index (κ1) is 9.78. The van der Waals surface area contributed by atoms with E-state index in [4.69, 9.17) is 4.74 Å². The molecule has 0 amide bonds. The van der Waals surface area contributed by atoms with Crippen LogP contribution in [0.3, 0.4) is 0 Å². The van der Waals surface area contributed by atoms with Crippen LogP contribution in [0.5, 0.6) is 0 Å². The fourth-order valence-electron chi connectivity index (χ4n) is 1.18. The zero-order chi connectivity index (χ0) is 9.52. The number of hydrogen-bond donors (Lipinski definition) is 0. The number of hydrogen-bond acceptors (Lipinski definition) is 2. The number of rotatable bonds is 5. The molecular formula is C11H14O2. The first-order valence-corrected chi connectivity index (χ1v) is 4.46. The van der Waals surface area contributed by atoms with Crippen molar-refractivity contribution in [2.24, 2.45) is 0 Å². The summed E-state index contributed by atoms with van der Waals surface area (Å²) < 4.78 is 4.78. The van der Waals surface area contributed by atoms with E-state index in [0.717, 1.165) is 12.8 Å². The van der Waals surface area contributed by atoms with E-state index in [2.05, 4.69) is 12.1 Å². The SMILES string of the molecule is C[C@@H](CCc1ccccc1)OC=O. The maximum absolute atomic E-state index is 10.0. The van der Waals surface area contributed by atoms with Gasteiger partial charge in [0.2, 0.25) is 0 Å². The molecule has 0 saturated heterocycles. The molecule has 2 nitrogen and oxygen atoms in total. The van der Waals surface area contributed by atoms with E-state index in [9.17, 15) is 4.79 Å². The quantitative estimate of drug-likeness (QED) is 0.646. The minimum Gasteiger partial charge on any atom is -0.465 e. The van der Waals surface area contributed by atoms with Crippen molar-refractivity contribution >= 4 is 6.47 Å². The standard InChI is InChI=1S/C11H14O2/c1-10(13-9-12)7-8-11-5-3-2-4-6-11/h2-6,9-10H,7-8H2,1H3/t10-/m0/s1. The van der Waals surface area contributed by atoms with E-state index < -0.39 is 0 Å². The molecule has 0 unspecified atom stereocenters. The smallest absolute Gasteiger partial charge is 0.293 e. The number of carbonyl (C=O) groups is 1. The molecule has 0 spiro atoms. The molecule has 1 aromatic rings. The van der Waals surface area contributed by atoms with Gasteiger partial charge in [0.05, 0.1) is 6.10 Å². The lowest BCUT2D eigenvalue weighted by atomic mass is 10.1. The Bertz CT molecular complexity index is 244. The van der Waals surface area contributed by atoms with Gasteiger partial charge in [-0.05, 0) is 25.3 Å². The molecule has 0 aliphatic rings. The minimum atomic E-state index is 0.0118. The fraction of sp³-hybridized carbons (Fsp3) is 0.364. The summed E-state index contributed by atoms with van der Waals surface area (Å²) in [6, 6.07) is 10.2. The monoisotopic (exact) mass is 178 g/mol. The molecule has 2 heteroatoms. The van der Waals surface area contributed by atoms with Crippen LogP contribution in [0, 0.1) is 0 Å². The van der Waals surface area contributed by atoms with Gasteiger partial charge in [-0.15, -0.1) is 0 Å². The summed E-state index contributed by atoms with van der Waals surface area (Å²) in [5.41, 5.74) is 1.28. The number of carbonyl (C=O) groups excluding carboxylic acids is 1. The summed E-state index contributed by atoms with van der Waals surface area (Å²) in [5, 5.41) is 0. The first-order chi connectivity index (χ1) is 6.33. The highest BCUT2D eigenvalue weighted by molar-refractivity contribution is 5.37. The predicted octanol–water partition coefficient (Wildman–Crippen LogP) is 2.18. The van der Waals surface area contributed by atoms with Crippen molar-refractivity contribution in [3.8, 4) is 0 Å². The van der Waals surface area contributed by atoms with Crippen LogP contribution >= 0.6 is 0 Å². The summed E-state index contributed by atoms with van der Waals surface area (Å²) in [5.74, 6) is 0. The Hall–Kier alpha value is -1.31. The molecule has 0 heterocycles. The van der Waals surface area contributed by atoms with Gasteiger partial charge in [-0.1, -0.05) is 30.3 Å². The Morgan fingerprint density at radius 3 is 2.69 bits per heavy atom. The highest BCUT2D eigenvalue weighted by Crippen LogP contribution is 2.05. The molecule has 0 saturated carbocycles. The highest BCUT2D eigenvalue weighted by atomic mass is 16.5. The lowest BCUT2D eigenvalue weighted by Crippen LogP contribution is -2.07. The molecule has 0 aliphatic heterocycles. The summed E-state index contributed by atoms with van der Waals surface area (Å²) in [7, 11) is 0. The van der Waals surface area contributed by atoms with Crippen LogP contribution in [0.2, 0.25) is 0 Å². The number of ether oxygens (including phenoxy) is 1. The molecule has 0 N–H and O–H groups in total. The molecule has 0 fully saturated rings. The van der Waals surface area contributed by atoms with Gasteiger partial charge in [0.1, 0.15) is 0 Å². The normalized spacial score (nSPS) is 12.1. The predicted molar refractivity (Wildman–Crippen MR) is 51.4 cm³/mol. The maximum Gasteiger partial charge on any atom is 0.293 e. The van der Waals surface area contributed by atoms with Crippen LogP contribution < -0.4 is 0 Å². The Labute approximate surface area is 78.5 Å². The summed E-state index contributed by atoms with van der Waals surface area (Å²) >= 11 is 0. The van der Waals surface area contributed by atoms with E-state index >= 15 is 0 Å². The molecule has 0 radical (unpaired) electrons. The van der Waals surface area contributed by atoms with E-state index in [0.29, 0.717) is 6.47 Å². The van der Waals surface area contributed by atoms with E-state index in [-0.39, 0.29) is 6.10 Å². The van der Waals surface area contributed by atoms with Gasteiger partial charge < -0.3 is 4.74 Å². The second-order valence-corrected chi connectivity index (χ2v) is 3.07.